The fourth-order valence-corrected chi connectivity index (χ4v) is 2.73. The number of hydrogen-bond acceptors (Lipinski definition) is 4. The molecule has 0 aromatic heterocycles. The minimum absolute atomic E-state index is 0.311. The summed E-state index contributed by atoms with van der Waals surface area (Å²) in [6.45, 7) is 1.67. The Morgan fingerprint density at radius 2 is 2.06 bits per heavy atom. The number of carbonyl (C=O) groups is 2. The van der Waals surface area contributed by atoms with Gasteiger partial charge in [0.05, 0.1) is 11.7 Å². The lowest BCUT2D eigenvalue weighted by Gasteiger charge is -2.24. The van der Waals surface area contributed by atoms with Crippen LogP contribution in [-0.4, -0.2) is 53.2 Å². The van der Waals surface area contributed by atoms with Crippen LogP contribution >= 0.6 is 0 Å². The van der Waals surface area contributed by atoms with Crippen molar-refractivity contribution >= 4 is 22.0 Å². The van der Waals surface area contributed by atoms with Crippen molar-refractivity contribution in [3.8, 4) is 0 Å². The maximum Gasteiger partial charge on any atom is 0.326 e. The Morgan fingerprint density at radius 1 is 1.47 bits per heavy atom. The van der Waals surface area contributed by atoms with Gasteiger partial charge in [0.2, 0.25) is 5.91 Å². The van der Waals surface area contributed by atoms with Gasteiger partial charge >= 0.3 is 5.97 Å². The van der Waals surface area contributed by atoms with Crippen molar-refractivity contribution in [2.24, 2.45) is 5.92 Å². The van der Waals surface area contributed by atoms with Crippen LogP contribution in [0.5, 0.6) is 0 Å². The molecule has 0 bridgehead atoms. The smallest absolute Gasteiger partial charge is 0.326 e. The van der Waals surface area contributed by atoms with Gasteiger partial charge in [-0.25, -0.2) is 4.79 Å². The summed E-state index contributed by atoms with van der Waals surface area (Å²) < 4.78 is 29.9. The summed E-state index contributed by atoms with van der Waals surface area (Å²) in [5, 5.41) is 8.89. The van der Waals surface area contributed by atoms with Gasteiger partial charge in [0.1, 0.15) is 6.04 Å². The molecular weight excluding hydrogens is 250 g/mol. The van der Waals surface area contributed by atoms with E-state index in [9.17, 15) is 18.0 Å². The maximum absolute atomic E-state index is 11.8. The van der Waals surface area contributed by atoms with Gasteiger partial charge in [-0.05, 0) is 12.8 Å². The van der Waals surface area contributed by atoms with E-state index in [4.69, 9.17) is 9.66 Å². The summed E-state index contributed by atoms with van der Waals surface area (Å²) in [7, 11) is -4.23. The molecule has 2 N–H and O–H groups in total. The van der Waals surface area contributed by atoms with Crippen molar-refractivity contribution in [2.45, 2.75) is 25.8 Å². The molecule has 8 heteroatoms. The molecule has 0 saturated carbocycles. The third-order valence-electron chi connectivity index (χ3n) is 2.70. The minimum atomic E-state index is -4.23. The van der Waals surface area contributed by atoms with Gasteiger partial charge in [-0.1, -0.05) is 6.92 Å². The fraction of sp³-hybridized carbons (Fsp3) is 0.778. The number of carboxylic acid groups (broad SMARTS) is 1. The Labute approximate surface area is 99.2 Å². The van der Waals surface area contributed by atoms with Crippen LogP contribution in [0.4, 0.5) is 0 Å². The van der Waals surface area contributed by atoms with Crippen molar-refractivity contribution in [3.05, 3.63) is 0 Å². The second-order valence-electron chi connectivity index (χ2n) is 4.18. The Bertz CT molecular complexity index is 417. The number of nitrogens with zero attached hydrogens (tertiary/aromatic N) is 1. The summed E-state index contributed by atoms with van der Waals surface area (Å²) in [6, 6.07) is -0.883. The molecule has 98 valence electrons. The molecule has 1 aliphatic rings. The normalized spacial score (nSPS) is 22.5. The predicted molar refractivity (Wildman–Crippen MR) is 58.0 cm³/mol. The van der Waals surface area contributed by atoms with E-state index in [0.717, 1.165) is 4.90 Å². The lowest BCUT2D eigenvalue weighted by atomic mass is 10.1. The maximum atomic E-state index is 11.8. The van der Waals surface area contributed by atoms with Crippen LogP contribution < -0.4 is 0 Å². The number of amides is 1. The molecule has 1 fully saturated rings. The van der Waals surface area contributed by atoms with E-state index < -0.39 is 39.7 Å². The first-order valence-electron chi connectivity index (χ1n) is 5.21. The minimum Gasteiger partial charge on any atom is -0.480 e. The standard InChI is InChI=1S/C9H15NO6S/c1-6(5-17(14,15)16)8(11)10-4-2-3-7(10)9(12)13/h6-7H,2-5H2,1H3,(H,12,13)(H,14,15,16)/t6?,7-/m0/s1. The molecule has 0 radical (unpaired) electrons. The molecule has 1 saturated heterocycles. The molecule has 0 aliphatic carbocycles. The topological polar surface area (TPSA) is 112 Å². The molecule has 7 nitrogen and oxygen atoms in total. The Balaban J connectivity index is 2.72. The van der Waals surface area contributed by atoms with Crippen molar-refractivity contribution in [2.75, 3.05) is 12.3 Å². The molecule has 1 amide bonds. The van der Waals surface area contributed by atoms with E-state index in [0.29, 0.717) is 19.4 Å². The zero-order chi connectivity index (χ0) is 13.2. The van der Waals surface area contributed by atoms with Gasteiger partial charge in [-0.3, -0.25) is 9.35 Å². The van der Waals surface area contributed by atoms with Gasteiger partial charge in [0, 0.05) is 6.54 Å². The number of likely N-dealkylation sites (tertiary alicyclic amines) is 1. The SMILES string of the molecule is CC(CS(=O)(=O)O)C(=O)N1CCC[C@H]1C(=O)O. The molecule has 1 rings (SSSR count). The van der Waals surface area contributed by atoms with Crippen molar-refractivity contribution < 1.29 is 27.7 Å². The summed E-state index contributed by atoms with van der Waals surface area (Å²) in [5.74, 6) is -3.26. The van der Waals surface area contributed by atoms with Gasteiger partial charge in [-0.2, -0.15) is 8.42 Å². The fourth-order valence-electron chi connectivity index (χ4n) is 1.96. The third kappa shape index (κ3) is 3.67. The molecule has 0 aromatic carbocycles. The second kappa shape index (κ2) is 5.01. The molecule has 1 unspecified atom stereocenters. The third-order valence-corrected chi connectivity index (χ3v) is 3.62. The first kappa shape index (κ1) is 13.9. The van der Waals surface area contributed by atoms with E-state index in [1.165, 1.54) is 6.92 Å². The lowest BCUT2D eigenvalue weighted by Crippen LogP contribution is -2.44. The molecule has 0 aromatic rings. The van der Waals surface area contributed by atoms with E-state index in [1.54, 1.807) is 0 Å². The average molecular weight is 265 g/mol. The molecule has 2 atom stereocenters. The number of carbonyl (C=O) groups excluding carboxylic acids is 1. The van der Waals surface area contributed by atoms with E-state index >= 15 is 0 Å². The first-order chi connectivity index (χ1) is 7.72. The molecule has 0 spiro atoms. The average Bonchev–Trinajstić information content (AvgIpc) is 2.61. The van der Waals surface area contributed by atoms with Crippen molar-refractivity contribution in [1.82, 2.24) is 4.90 Å². The summed E-state index contributed by atoms with van der Waals surface area (Å²) in [4.78, 5) is 23.9. The molecule has 1 heterocycles. The van der Waals surface area contributed by atoms with Crippen LogP contribution in [0.25, 0.3) is 0 Å². The quantitative estimate of drug-likeness (QED) is 0.668. The number of carboxylic acids is 1. The predicted octanol–water partition coefficient (Wildman–Crippen LogP) is -0.414. The van der Waals surface area contributed by atoms with E-state index in [-0.39, 0.29) is 0 Å². The van der Waals surface area contributed by atoms with Crippen LogP contribution in [0.3, 0.4) is 0 Å². The molecule has 17 heavy (non-hydrogen) atoms. The lowest BCUT2D eigenvalue weighted by molar-refractivity contribution is -0.149. The zero-order valence-corrected chi connectivity index (χ0v) is 10.2. The summed E-state index contributed by atoms with van der Waals surface area (Å²) in [6.07, 6.45) is 0.959. The largest absolute Gasteiger partial charge is 0.480 e. The highest BCUT2D eigenvalue weighted by Gasteiger charge is 2.36. The monoisotopic (exact) mass is 265 g/mol. The Hall–Kier alpha value is -1.15. The van der Waals surface area contributed by atoms with Crippen LogP contribution in [0.2, 0.25) is 0 Å². The number of aliphatic carboxylic acids is 1. The van der Waals surface area contributed by atoms with Gasteiger partial charge in [0.15, 0.2) is 0 Å². The summed E-state index contributed by atoms with van der Waals surface area (Å²) in [5.41, 5.74) is 0. The first-order valence-corrected chi connectivity index (χ1v) is 6.81. The Morgan fingerprint density at radius 3 is 2.53 bits per heavy atom. The van der Waals surface area contributed by atoms with Gasteiger partial charge in [0.25, 0.3) is 10.1 Å². The highest BCUT2D eigenvalue weighted by Crippen LogP contribution is 2.20. The van der Waals surface area contributed by atoms with E-state index in [1.807, 2.05) is 0 Å². The van der Waals surface area contributed by atoms with Crippen LogP contribution in [0, 0.1) is 5.92 Å². The highest BCUT2D eigenvalue weighted by molar-refractivity contribution is 7.85. The summed E-state index contributed by atoms with van der Waals surface area (Å²) >= 11 is 0. The van der Waals surface area contributed by atoms with E-state index in [2.05, 4.69) is 0 Å². The van der Waals surface area contributed by atoms with Crippen molar-refractivity contribution in [1.29, 1.82) is 0 Å². The number of hydrogen-bond donors (Lipinski definition) is 2. The van der Waals surface area contributed by atoms with Crippen molar-refractivity contribution in [3.63, 3.8) is 0 Å². The zero-order valence-electron chi connectivity index (χ0n) is 9.37. The van der Waals surface area contributed by atoms with Crippen LogP contribution in [0.15, 0.2) is 0 Å². The van der Waals surface area contributed by atoms with Gasteiger partial charge in [-0.15, -0.1) is 0 Å². The van der Waals surface area contributed by atoms with Crippen LogP contribution in [-0.2, 0) is 19.7 Å². The van der Waals surface area contributed by atoms with Gasteiger partial charge < -0.3 is 10.0 Å². The molecule has 1 aliphatic heterocycles. The van der Waals surface area contributed by atoms with Crippen LogP contribution in [0.1, 0.15) is 19.8 Å². The molecular formula is C9H15NO6S. The number of rotatable bonds is 4. The second-order valence-corrected chi connectivity index (χ2v) is 5.67. The Kier molecular flexibility index (Phi) is 4.10. The highest BCUT2D eigenvalue weighted by atomic mass is 32.2.